The lowest BCUT2D eigenvalue weighted by molar-refractivity contribution is 0.207. The third-order valence-corrected chi connectivity index (χ3v) is 4.45. The van der Waals surface area contributed by atoms with Crippen LogP contribution in [0.2, 0.25) is 5.02 Å². The standard InChI is InChI=1S/C20H21ClN4O3/c1-14-13-22-19(26)25(14)18-6-4-3-5-17(18)23-20(27)24(2)11-12-28-16-9-7-15(21)8-10-16/h3-10,13H,11-12H2,1-2H3,(H,22,26)(H,23,27). The number of halogens is 1. The predicted molar refractivity (Wildman–Crippen MR) is 110 cm³/mol. The molecule has 7 nitrogen and oxygen atoms in total. The van der Waals surface area contributed by atoms with Gasteiger partial charge in [-0.05, 0) is 43.3 Å². The molecule has 0 fully saturated rings. The number of nitrogens with one attached hydrogen (secondary N) is 2. The molecule has 8 heteroatoms. The molecular formula is C20H21ClN4O3. The van der Waals surface area contributed by atoms with E-state index in [0.29, 0.717) is 35.3 Å². The van der Waals surface area contributed by atoms with Gasteiger partial charge in [0.05, 0.1) is 17.9 Å². The van der Waals surface area contributed by atoms with Crippen LogP contribution >= 0.6 is 11.6 Å². The smallest absolute Gasteiger partial charge is 0.330 e. The van der Waals surface area contributed by atoms with E-state index < -0.39 is 0 Å². The largest absolute Gasteiger partial charge is 0.492 e. The summed E-state index contributed by atoms with van der Waals surface area (Å²) in [5.41, 5.74) is 1.63. The molecule has 1 aromatic heterocycles. The normalized spacial score (nSPS) is 10.5. The Bertz CT molecular complexity index is 1010. The number of ether oxygens (including phenoxy) is 1. The van der Waals surface area contributed by atoms with E-state index >= 15 is 0 Å². The zero-order valence-electron chi connectivity index (χ0n) is 15.6. The van der Waals surface area contributed by atoms with Crippen molar-refractivity contribution < 1.29 is 9.53 Å². The molecule has 0 saturated carbocycles. The first-order chi connectivity index (χ1) is 13.5. The summed E-state index contributed by atoms with van der Waals surface area (Å²) >= 11 is 5.84. The molecule has 0 radical (unpaired) electrons. The Kier molecular flexibility index (Phi) is 6.06. The number of nitrogens with zero attached hydrogens (tertiary/aromatic N) is 2. The number of carbonyl (C=O) groups excluding carboxylic acids is 1. The van der Waals surface area contributed by atoms with Crippen molar-refractivity contribution in [1.82, 2.24) is 14.5 Å². The van der Waals surface area contributed by atoms with Crippen LogP contribution in [0.4, 0.5) is 10.5 Å². The molecule has 1 heterocycles. The molecular weight excluding hydrogens is 380 g/mol. The third-order valence-electron chi connectivity index (χ3n) is 4.20. The quantitative estimate of drug-likeness (QED) is 0.662. The number of carbonyl (C=O) groups is 1. The number of hydrogen-bond donors (Lipinski definition) is 2. The lowest BCUT2D eigenvalue weighted by Crippen LogP contribution is -2.35. The van der Waals surface area contributed by atoms with Crippen LogP contribution < -0.4 is 15.7 Å². The fraction of sp³-hybridized carbons (Fsp3) is 0.200. The Morgan fingerprint density at radius 2 is 1.93 bits per heavy atom. The molecule has 0 atom stereocenters. The first kappa shape index (κ1) is 19.6. The highest BCUT2D eigenvalue weighted by Gasteiger charge is 2.14. The molecule has 3 aromatic rings. The first-order valence-electron chi connectivity index (χ1n) is 8.72. The molecule has 0 aliphatic heterocycles. The Morgan fingerprint density at radius 3 is 2.61 bits per heavy atom. The minimum atomic E-state index is -0.298. The van der Waals surface area contributed by atoms with Crippen molar-refractivity contribution in [3.63, 3.8) is 0 Å². The molecule has 0 bridgehead atoms. The van der Waals surface area contributed by atoms with Crippen molar-refractivity contribution in [3.05, 3.63) is 75.9 Å². The van der Waals surface area contributed by atoms with Gasteiger partial charge in [0.15, 0.2) is 0 Å². The number of aromatic nitrogens is 2. The van der Waals surface area contributed by atoms with Gasteiger partial charge in [0.25, 0.3) is 0 Å². The molecule has 2 aromatic carbocycles. The summed E-state index contributed by atoms with van der Waals surface area (Å²) in [5, 5.41) is 3.49. The van der Waals surface area contributed by atoms with Crippen molar-refractivity contribution in [1.29, 1.82) is 0 Å². The number of aromatic amines is 1. The second-order valence-electron chi connectivity index (χ2n) is 6.24. The van der Waals surface area contributed by atoms with Crippen LogP contribution in [0.15, 0.2) is 59.5 Å². The number of benzene rings is 2. The van der Waals surface area contributed by atoms with Gasteiger partial charge < -0.3 is 19.9 Å². The topological polar surface area (TPSA) is 79.4 Å². The molecule has 3 rings (SSSR count). The fourth-order valence-corrected chi connectivity index (χ4v) is 2.80. The van der Waals surface area contributed by atoms with Gasteiger partial charge in [0, 0.05) is 24.0 Å². The number of H-pyrrole nitrogens is 1. The second kappa shape index (κ2) is 8.67. The van der Waals surface area contributed by atoms with Crippen LogP contribution in [-0.4, -0.2) is 40.7 Å². The van der Waals surface area contributed by atoms with E-state index in [0.717, 1.165) is 5.69 Å². The van der Waals surface area contributed by atoms with Gasteiger partial charge in [-0.15, -0.1) is 0 Å². The number of imidazole rings is 1. The van der Waals surface area contributed by atoms with E-state index in [9.17, 15) is 9.59 Å². The SMILES string of the molecule is Cc1c[nH]c(=O)n1-c1ccccc1NC(=O)N(C)CCOc1ccc(Cl)cc1. The maximum absolute atomic E-state index is 12.5. The predicted octanol–water partition coefficient (Wildman–Crippen LogP) is 3.67. The number of amides is 2. The van der Waals surface area contributed by atoms with Crippen LogP contribution in [0.5, 0.6) is 5.75 Å². The Balaban J connectivity index is 1.63. The molecule has 2 amide bonds. The molecule has 0 aliphatic rings. The van der Waals surface area contributed by atoms with Gasteiger partial charge in [-0.2, -0.15) is 0 Å². The second-order valence-corrected chi connectivity index (χ2v) is 6.68. The summed E-state index contributed by atoms with van der Waals surface area (Å²) in [6, 6.07) is 13.9. The van der Waals surface area contributed by atoms with Crippen molar-refractivity contribution in [2.45, 2.75) is 6.92 Å². The molecule has 0 saturated heterocycles. The van der Waals surface area contributed by atoms with Gasteiger partial charge >= 0.3 is 11.7 Å². The minimum Gasteiger partial charge on any atom is -0.492 e. The van der Waals surface area contributed by atoms with Gasteiger partial charge in [0.1, 0.15) is 12.4 Å². The van der Waals surface area contributed by atoms with E-state index in [-0.39, 0.29) is 11.7 Å². The lowest BCUT2D eigenvalue weighted by Gasteiger charge is -2.20. The summed E-state index contributed by atoms with van der Waals surface area (Å²) in [6.45, 7) is 2.54. The maximum atomic E-state index is 12.5. The summed E-state index contributed by atoms with van der Waals surface area (Å²) in [7, 11) is 1.68. The third kappa shape index (κ3) is 4.55. The average molecular weight is 401 g/mol. The molecule has 146 valence electrons. The number of urea groups is 1. The molecule has 0 aliphatic carbocycles. The number of anilines is 1. The molecule has 0 spiro atoms. The number of likely N-dealkylation sites (N-methyl/N-ethyl adjacent to an activating group) is 1. The van der Waals surface area contributed by atoms with Crippen LogP contribution in [-0.2, 0) is 0 Å². The number of aryl methyl sites for hydroxylation is 1. The minimum absolute atomic E-state index is 0.260. The highest BCUT2D eigenvalue weighted by molar-refractivity contribution is 6.30. The molecule has 0 unspecified atom stereocenters. The van der Waals surface area contributed by atoms with Crippen molar-refractivity contribution in [3.8, 4) is 11.4 Å². The van der Waals surface area contributed by atoms with Crippen LogP contribution in [0.1, 0.15) is 5.69 Å². The maximum Gasteiger partial charge on any atom is 0.330 e. The van der Waals surface area contributed by atoms with Gasteiger partial charge in [0.2, 0.25) is 0 Å². The number of para-hydroxylation sites is 2. The van der Waals surface area contributed by atoms with E-state index in [1.807, 2.05) is 13.0 Å². The van der Waals surface area contributed by atoms with Crippen molar-refractivity contribution >= 4 is 23.3 Å². The summed E-state index contributed by atoms with van der Waals surface area (Å²) in [5.74, 6) is 0.686. The Labute approximate surface area is 167 Å². The summed E-state index contributed by atoms with van der Waals surface area (Å²) in [4.78, 5) is 28.8. The highest BCUT2D eigenvalue weighted by atomic mass is 35.5. The lowest BCUT2D eigenvalue weighted by atomic mass is 10.2. The Morgan fingerprint density at radius 1 is 1.21 bits per heavy atom. The summed E-state index contributed by atoms with van der Waals surface area (Å²) in [6.07, 6.45) is 1.63. The Hall–Kier alpha value is -3.19. The van der Waals surface area contributed by atoms with E-state index in [1.54, 1.807) is 55.7 Å². The number of hydrogen-bond acceptors (Lipinski definition) is 3. The van der Waals surface area contributed by atoms with Gasteiger partial charge in [-0.1, -0.05) is 23.7 Å². The first-order valence-corrected chi connectivity index (χ1v) is 9.10. The van der Waals surface area contributed by atoms with E-state index in [4.69, 9.17) is 16.3 Å². The van der Waals surface area contributed by atoms with Crippen LogP contribution in [0.3, 0.4) is 0 Å². The van der Waals surface area contributed by atoms with Crippen molar-refractivity contribution in [2.75, 3.05) is 25.5 Å². The zero-order chi connectivity index (χ0) is 20.1. The van der Waals surface area contributed by atoms with Gasteiger partial charge in [-0.3, -0.25) is 4.57 Å². The monoisotopic (exact) mass is 400 g/mol. The van der Waals surface area contributed by atoms with Gasteiger partial charge in [-0.25, -0.2) is 9.59 Å². The molecule has 2 N–H and O–H groups in total. The number of rotatable bonds is 6. The van der Waals surface area contributed by atoms with E-state index in [2.05, 4.69) is 10.3 Å². The highest BCUT2D eigenvalue weighted by Crippen LogP contribution is 2.20. The van der Waals surface area contributed by atoms with Crippen LogP contribution in [0.25, 0.3) is 5.69 Å². The summed E-state index contributed by atoms with van der Waals surface area (Å²) < 4.78 is 7.13. The van der Waals surface area contributed by atoms with Crippen LogP contribution in [0, 0.1) is 6.92 Å². The fourth-order valence-electron chi connectivity index (χ4n) is 2.67. The average Bonchev–Trinajstić information content (AvgIpc) is 3.02. The zero-order valence-corrected chi connectivity index (χ0v) is 16.4. The molecule has 28 heavy (non-hydrogen) atoms. The van der Waals surface area contributed by atoms with Crippen molar-refractivity contribution in [2.24, 2.45) is 0 Å². The van der Waals surface area contributed by atoms with E-state index in [1.165, 1.54) is 9.47 Å².